The molecule has 0 saturated heterocycles. The Hall–Kier alpha value is -0.470. The van der Waals surface area contributed by atoms with Crippen molar-refractivity contribution >= 4 is 12.6 Å². The minimum atomic E-state index is 0.312. The minimum absolute atomic E-state index is 0.312. The molecule has 0 aliphatic rings. The number of thiol groups is 1. The summed E-state index contributed by atoms with van der Waals surface area (Å²) in [6, 6.07) is 11.3. The zero-order chi connectivity index (χ0) is 13.8. The van der Waals surface area contributed by atoms with Gasteiger partial charge < -0.3 is 4.90 Å². The highest BCUT2D eigenvalue weighted by Gasteiger charge is 2.25. The van der Waals surface area contributed by atoms with Gasteiger partial charge in [0, 0.05) is 18.5 Å². The van der Waals surface area contributed by atoms with E-state index in [9.17, 15) is 0 Å². The standard InChI is InChI=1S/C16H27NS/c1-13(16(2,3)4)17(5)11-15(12-18)14-9-7-6-8-10-14/h6-10,13,15,18H,11-12H2,1-5H3. The van der Waals surface area contributed by atoms with Crippen molar-refractivity contribution in [3.8, 4) is 0 Å². The van der Waals surface area contributed by atoms with Crippen molar-refractivity contribution in [3.63, 3.8) is 0 Å². The van der Waals surface area contributed by atoms with E-state index in [1.165, 1.54) is 5.56 Å². The van der Waals surface area contributed by atoms with E-state index < -0.39 is 0 Å². The summed E-state index contributed by atoms with van der Waals surface area (Å²) in [5.74, 6) is 1.40. The molecule has 1 aromatic rings. The molecule has 102 valence electrons. The van der Waals surface area contributed by atoms with E-state index >= 15 is 0 Å². The summed E-state index contributed by atoms with van der Waals surface area (Å²) in [6.45, 7) is 10.3. The Bertz CT molecular complexity index is 342. The largest absolute Gasteiger partial charge is 0.303 e. The van der Waals surface area contributed by atoms with Gasteiger partial charge in [-0.1, -0.05) is 51.1 Å². The van der Waals surface area contributed by atoms with Crippen LogP contribution in [0.25, 0.3) is 0 Å². The van der Waals surface area contributed by atoms with Crippen LogP contribution in [-0.2, 0) is 0 Å². The van der Waals surface area contributed by atoms with Crippen molar-refractivity contribution in [1.29, 1.82) is 0 Å². The zero-order valence-corrected chi connectivity index (χ0v) is 13.2. The van der Waals surface area contributed by atoms with Crippen molar-refractivity contribution in [2.24, 2.45) is 5.41 Å². The molecule has 0 N–H and O–H groups in total. The second-order valence-corrected chi connectivity index (χ2v) is 6.64. The van der Waals surface area contributed by atoms with E-state index in [2.05, 4.69) is 82.6 Å². The Kier molecular flexibility index (Phi) is 5.74. The molecular weight excluding hydrogens is 238 g/mol. The minimum Gasteiger partial charge on any atom is -0.303 e. The molecule has 1 aromatic carbocycles. The Morgan fingerprint density at radius 2 is 1.72 bits per heavy atom. The number of hydrogen-bond acceptors (Lipinski definition) is 2. The fourth-order valence-corrected chi connectivity index (χ4v) is 2.49. The first-order chi connectivity index (χ1) is 8.36. The van der Waals surface area contributed by atoms with E-state index in [1.807, 2.05) is 0 Å². The summed E-state index contributed by atoms with van der Waals surface area (Å²) in [7, 11) is 2.22. The average molecular weight is 265 g/mol. The van der Waals surface area contributed by atoms with Gasteiger partial charge in [0.2, 0.25) is 0 Å². The molecule has 0 spiro atoms. The SMILES string of the molecule is CC(N(C)CC(CS)c1ccccc1)C(C)(C)C. The molecule has 2 atom stereocenters. The van der Waals surface area contributed by atoms with Crippen LogP contribution in [0.15, 0.2) is 30.3 Å². The van der Waals surface area contributed by atoms with Crippen LogP contribution < -0.4 is 0 Å². The lowest BCUT2D eigenvalue weighted by Gasteiger charge is -2.37. The van der Waals surface area contributed by atoms with Gasteiger partial charge in [-0.05, 0) is 30.7 Å². The molecule has 18 heavy (non-hydrogen) atoms. The van der Waals surface area contributed by atoms with Crippen LogP contribution >= 0.6 is 12.6 Å². The maximum absolute atomic E-state index is 4.52. The topological polar surface area (TPSA) is 3.24 Å². The highest BCUT2D eigenvalue weighted by atomic mass is 32.1. The van der Waals surface area contributed by atoms with Gasteiger partial charge in [0.1, 0.15) is 0 Å². The number of rotatable bonds is 5. The van der Waals surface area contributed by atoms with Crippen molar-refractivity contribution in [2.45, 2.75) is 39.7 Å². The van der Waals surface area contributed by atoms with Crippen molar-refractivity contribution < 1.29 is 0 Å². The lowest BCUT2D eigenvalue weighted by Crippen LogP contribution is -2.41. The number of nitrogens with zero attached hydrogens (tertiary/aromatic N) is 1. The molecule has 2 unspecified atom stereocenters. The quantitative estimate of drug-likeness (QED) is 0.786. The highest BCUT2D eigenvalue weighted by Crippen LogP contribution is 2.26. The molecule has 2 heteroatoms. The number of likely N-dealkylation sites (N-methyl/N-ethyl adjacent to an activating group) is 1. The Labute approximate surface area is 118 Å². The summed E-state index contributed by atoms with van der Waals surface area (Å²) < 4.78 is 0. The second kappa shape index (κ2) is 6.63. The average Bonchev–Trinajstić information content (AvgIpc) is 2.34. The molecule has 0 radical (unpaired) electrons. The molecule has 0 amide bonds. The predicted octanol–water partition coefficient (Wildman–Crippen LogP) is 4.07. The first kappa shape index (κ1) is 15.6. The van der Waals surface area contributed by atoms with E-state index in [-0.39, 0.29) is 0 Å². The van der Waals surface area contributed by atoms with Gasteiger partial charge in [-0.25, -0.2) is 0 Å². The van der Waals surface area contributed by atoms with Crippen LogP contribution in [0.5, 0.6) is 0 Å². The monoisotopic (exact) mass is 265 g/mol. The predicted molar refractivity (Wildman–Crippen MR) is 84.6 cm³/mol. The third kappa shape index (κ3) is 4.33. The van der Waals surface area contributed by atoms with Crippen molar-refractivity contribution in [2.75, 3.05) is 19.3 Å². The van der Waals surface area contributed by atoms with Gasteiger partial charge >= 0.3 is 0 Å². The highest BCUT2D eigenvalue weighted by molar-refractivity contribution is 7.80. The molecule has 0 aromatic heterocycles. The molecule has 0 fully saturated rings. The van der Waals surface area contributed by atoms with E-state index in [0.29, 0.717) is 17.4 Å². The van der Waals surface area contributed by atoms with E-state index in [4.69, 9.17) is 0 Å². The zero-order valence-electron chi connectivity index (χ0n) is 12.4. The Balaban J connectivity index is 2.70. The molecule has 0 heterocycles. The van der Waals surface area contributed by atoms with Crippen LogP contribution in [0.2, 0.25) is 0 Å². The molecule has 1 rings (SSSR count). The van der Waals surface area contributed by atoms with Crippen LogP contribution in [-0.4, -0.2) is 30.3 Å². The number of hydrogen-bond donors (Lipinski definition) is 1. The normalized spacial score (nSPS) is 15.7. The van der Waals surface area contributed by atoms with Gasteiger partial charge in [-0.2, -0.15) is 12.6 Å². The van der Waals surface area contributed by atoms with Gasteiger partial charge in [0.15, 0.2) is 0 Å². The van der Waals surface area contributed by atoms with Gasteiger partial charge in [-0.3, -0.25) is 0 Å². The third-order valence-corrected chi connectivity index (χ3v) is 4.35. The molecule has 1 nitrogen and oxygen atoms in total. The molecule has 0 bridgehead atoms. The fraction of sp³-hybridized carbons (Fsp3) is 0.625. The lowest BCUT2D eigenvalue weighted by molar-refractivity contribution is 0.136. The van der Waals surface area contributed by atoms with Crippen LogP contribution in [0, 0.1) is 5.41 Å². The smallest absolute Gasteiger partial charge is 0.0113 e. The van der Waals surface area contributed by atoms with E-state index in [1.54, 1.807) is 0 Å². The summed E-state index contributed by atoms with van der Waals surface area (Å²) >= 11 is 4.52. The summed E-state index contributed by atoms with van der Waals surface area (Å²) in [6.07, 6.45) is 0. The Morgan fingerprint density at radius 3 is 2.17 bits per heavy atom. The van der Waals surface area contributed by atoms with Crippen LogP contribution in [0.4, 0.5) is 0 Å². The Morgan fingerprint density at radius 1 is 1.17 bits per heavy atom. The third-order valence-electron chi connectivity index (χ3n) is 3.91. The first-order valence-corrected chi connectivity index (χ1v) is 7.35. The summed E-state index contributed by atoms with van der Waals surface area (Å²) in [4.78, 5) is 2.45. The van der Waals surface area contributed by atoms with Gasteiger partial charge in [0.05, 0.1) is 0 Å². The summed E-state index contributed by atoms with van der Waals surface area (Å²) in [5, 5.41) is 0. The lowest BCUT2D eigenvalue weighted by atomic mass is 9.86. The van der Waals surface area contributed by atoms with Crippen molar-refractivity contribution in [1.82, 2.24) is 4.90 Å². The summed E-state index contributed by atoms with van der Waals surface area (Å²) in [5.41, 5.74) is 1.70. The molecule has 0 aliphatic carbocycles. The first-order valence-electron chi connectivity index (χ1n) is 6.72. The molecular formula is C16H27NS. The molecule has 0 saturated carbocycles. The van der Waals surface area contributed by atoms with Gasteiger partial charge in [0.25, 0.3) is 0 Å². The number of benzene rings is 1. The molecule has 0 aliphatic heterocycles. The van der Waals surface area contributed by atoms with Crippen molar-refractivity contribution in [3.05, 3.63) is 35.9 Å². The second-order valence-electron chi connectivity index (χ2n) is 6.27. The van der Waals surface area contributed by atoms with Crippen LogP contribution in [0.3, 0.4) is 0 Å². The van der Waals surface area contributed by atoms with Crippen LogP contribution in [0.1, 0.15) is 39.2 Å². The maximum Gasteiger partial charge on any atom is 0.0113 e. The van der Waals surface area contributed by atoms with Gasteiger partial charge in [-0.15, -0.1) is 0 Å². The van der Waals surface area contributed by atoms with E-state index in [0.717, 1.165) is 12.3 Å². The maximum atomic E-state index is 4.52. The fourth-order valence-electron chi connectivity index (χ4n) is 2.16.